The maximum atomic E-state index is 12.7. The van der Waals surface area contributed by atoms with Gasteiger partial charge in [0.25, 0.3) is 5.91 Å². The van der Waals surface area contributed by atoms with Crippen molar-refractivity contribution in [3.8, 4) is 10.7 Å². The van der Waals surface area contributed by atoms with Crippen molar-refractivity contribution in [3.05, 3.63) is 29.7 Å². The topological polar surface area (TPSA) is 71.0 Å². The van der Waals surface area contributed by atoms with Gasteiger partial charge in [0, 0.05) is 37.4 Å². The number of amides is 1. The molecule has 0 saturated carbocycles. The Morgan fingerprint density at radius 3 is 2.83 bits per heavy atom. The third kappa shape index (κ3) is 2.86. The number of carbonyl (C=O) groups excluding carboxylic acids is 1. The molecule has 2 aliphatic heterocycles. The van der Waals surface area contributed by atoms with Gasteiger partial charge in [0.1, 0.15) is 16.4 Å². The quantitative estimate of drug-likeness (QED) is 0.910. The Balaban J connectivity index is 1.45. The summed E-state index contributed by atoms with van der Waals surface area (Å²) in [6.45, 7) is 3.88. The van der Waals surface area contributed by atoms with Gasteiger partial charge in [-0.3, -0.25) is 14.8 Å². The van der Waals surface area contributed by atoms with Crippen LogP contribution in [0.2, 0.25) is 0 Å². The van der Waals surface area contributed by atoms with E-state index in [1.54, 1.807) is 18.6 Å². The highest BCUT2D eigenvalue weighted by atomic mass is 32.1. The predicted molar refractivity (Wildman–Crippen MR) is 88.2 cm³/mol. The lowest BCUT2D eigenvalue weighted by Gasteiger charge is -2.38. The minimum atomic E-state index is 0.0391. The van der Waals surface area contributed by atoms with Crippen LogP contribution in [0.4, 0.5) is 0 Å². The van der Waals surface area contributed by atoms with Crippen LogP contribution < -0.4 is 5.32 Å². The van der Waals surface area contributed by atoms with Crippen LogP contribution in [0.1, 0.15) is 29.8 Å². The van der Waals surface area contributed by atoms with E-state index >= 15 is 0 Å². The Bertz CT molecular complexity index is 686. The molecule has 0 unspecified atom stereocenters. The van der Waals surface area contributed by atoms with E-state index in [2.05, 4.69) is 20.3 Å². The molecule has 23 heavy (non-hydrogen) atoms. The summed E-state index contributed by atoms with van der Waals surface area (Å²) in [5, 5.41) is 6.03. The normalized spacial score (nSPS) is 20.1. The van der Waals surface area contributed by atoms with Crippen molar-refractivity contribution >= 4 is 17.2 Å². The number of nitrogens with zero attached hydrogens (tertiary/aromatic N) is 4. The van der Waals surface area contributed by atoms with Crippen LogP contribution in [-0.4, -0.2) is 51.9 Å². The van der Waals surface area contributed by atoms with E-state index in [0.29, 0.717) is 16.8 Å². The molecule has 7 heteroatoms. The number of carbonyl (C=O) groups is 1. The zero-order valence-electron chi connectivity index (χ0n) is 12.9. The van der Waals surface area contributed by atoms with Crippen LogP contribution in [-0.2, 0) is 0 Å². The van der Waals surface area contributed by atoms with Gasteiger partial charge >= 0.3 is 0 Å². The van der Waals surface area contributed by atoms with E-state index in [-0.39, 0.29) is 5.91 Å². The summed E-state index contributed by atoms with van der Waals surface area (Å²) in [6, 6.07) is 0. The predicted octanol–water partition coefficient (Wildman–Crippen LogP) is 1.82. The minimum absolute atomic E-state index is 0.0391. The molecule has 0 atom stereocenters. The molecule has 2 aliphatic rings. The van der Waals surface area contributed by atoms with Crippen LogP contribution >= 0.6 is 11.3 Å². The Morgan fingerprint density at radius 1 is 1.26 bits per heavy atom. The highest BCUT2D eigenvalue weighted by Crippen LogP contribution is 2.37. The first-order valence-electron chi connectivity index (χ1n) is 7.98. The first kappa shape index (κ1) is 14.7. The molecule has 0 aliphatic carbocycles. The molecule has 6 nitrogen and oxygen atoms in total. The van der Waals surface area contributed by atoms with Crippen LogP contribution in [0, 0.1) is 5.41 Å². The average molecular weight is 329 g/mol. The van der Waals surface area contributed by atoms with Crippen LogP contribution in [0.5, 0.6) is 0 Å². The number of likely N-dealkylation sites (tertiary alicyclic amines) is 1. The second kappa shape index (κ2) is 5.98. The second-order valence-corrected chi connectivity index (χ2v) is 7.21. The molecule has 2 fully saturated rings. The molecule has 1 N–H and O–H groups in total. The van der Waals surface area contributed by atoms with Gasteiger partial charge in [0.05, 0.1) is 6.20 Å². The smallest absolute Gasteiger partial charge is 0.273 e. The van der Waals surface area contributed by atoms with E-state index < -0.39 is 0 Å². The van der Waals surface area contributed by atoms with E-state index in [1.165, 1.54) is 17.8 Å². The lowest BCUT2D eigenvalue weighted by molar-refractivity contribution is 0.0603. The van der Waals surface area contributed by atoms with E-state index in [4.69, 9.17) is 0 Å². The number of thiazole rings is 1. The van der Waals surface area contributed by atoms with Gasteiger partial charge in [-0.15, -0.1) is 11.3 Å². The molecular weight excluding hydrogens is 310 g/mol. The van der Waals surface area contributed by atoms with E-state index in [1.807, 2.05) is 10.3 Å². The molecule has 4 rings (SSSR count). The fraction of sp³-hybridized carbons (Fsp3) is 0.500. The van der Waals surface area contributed by atoms with Crippen molar-refractivity contribution in [2.75, 3.05) is 26.2 Å². The molecule has 0 aromatic carbocycles. The van der Waals surface area contributed by atoms with Gasteiger partial charge in [0.15, 0.2) is 0 Å². The Labute approximate surface area is 139 Å². The van der Waals surface area contributed by atoms with Crippen LogP contribution in [0.3, 0.4) is 0 Å². The zero-order chi connectivity index (χ0) is 15.7. The summed E-state index contributed by atoms with van der Waals surface area (Å²) < 4.78 is 0. The molecule has 120 valence electrons. The van der Waals surface area contributed by atoms with Gasteiger partial charge in [-0.25, -0.2) is 4.98 Å². The fourth-order valence-electron chi connectivity index (χ4n) is 3.47. The third-order valence-electron chi connectivity index (χ3n) is 4.95. The minimum Gasteiger partial charge on any atom is -0.337 e. The van der Waals surface area contributed by atoms with E-state index in [9.17, 15) is 4.79 Å². The molecule has 2 aromatic heterocycles. The Morgan fingerprint density at radius 2 is 2.13 bits per heavy atom. The summed E-state index contributed by atoms with van der Waals surface area (Å²) in [4.78, 5) is 27.4. The zero-order valence-corrected chi connectivity index (χ0v) is 13.7. The maximum absolute atomic E-state index is 12.7. The van der Waals surface area contributed by atoms with Gasteiger partial charge in [-0.2, -0.15) is 0 Å². The number of hydrogen-bond acceptors (Lipinski definition) is 6. The van der Waals surface area contributed by atoms with Crippen molar-refractivity contribution in [3.63, 3.8) is 0 Å². The number of aromatic nitrogens is 3. The number of hydrogen-bond donors (Lipinski definition) is 1. The summed E-state index contributed by atoms with van der Waals surface area (Å²) in [6.07, 6.45) is 8.36. The standard InChI is InChI=1S/C16H19N5OS/c22-15(21-7-2-16(3-8-21)1-4-18-11-16)13-10-23-14(20-13)12-9-17-5-6-19-12/h5-6,9-10,18H,1-4,7-8,11H2. The van der Waals surface area contributed by atoms with Crippen molar-refractivity contribution in [1.29, 1.82) is 0 Å². The third-order valence-corrected chi connectivity index (χ3v) is 5.81. The molecule has 2 saturated heterocycles. The number of nitrogens with one attached hydrogen (secondary N) is 1. The van der Waals surface area contributed by atoms with Gasteiger partial charge < -0.3 is 10.2 Å². The maximum Gasteiger partial charge on any atom is 0.273 e. The number of rotatable bonds is 2. The van der Waals surface area contributed by atoms with Crippen molar-refractivity contribution in [1.82, 2.24) is 25.2 Å². The van der Waals surface area contributed by atoms with Crippen molar-refractivity contribution in [2.45, 2.75) is 19.3 Å². The molecule has 1 amide bonds. The number of piperidine rings is 1. The molecule has 1 spiro atoms. The molecule has 4 heterocycles. The monoisotopic (exact) mass is 329 g/mol. The largest absolute Gasteiger partial charge is 0.337 e. The summed E-state index contributed by atoms with van der Waals surface area (Å²) in [5.74, 6) is 0.0391. The first-order valence-corrected chi connectivity index (χ1v) is 8.86. The molecule has 0 bridgehead atoms. The average Bonchev–Trinajstić information content (AvgIpc) is 3.26. The summed E-state index contributed by atoms with van der Waals surface area (Å²) in [7, 11) is 0. The first-order chi connectivity index (χ1) is 11.3. The van der Waals surface area contributed by atoms with Gasteiger partial charge in [-0.1, -0.05) is 0 Å². The summed E-state index contributed by atoms with van der Waals surface area (Å²) >= 11 is 1.44. The molecule has 0 radical (unpaired) electrons. The van der Waals surface area contributed by atoms with Crippen molar-refractivity contribution in [2.24, 2.45) is 5.41 Å². The van der Waals surface area contributed by atoms with Crippen LogP contribution in [0.15, 0.2) is 24.0 Å². The second-order valence-electron chi connectivity index (χ2n) is 6.35. The van der Waals surface area contributed by atoms with Gasteiger partial charge in [-0.05, 0) is 31.2 Å². The fourth-order valence-corrected chi connectivity index (χ4v) is 4.22. The van der Waals surface area contributed by atoms with Crippen molar-refractivity contribution < 1.29 is 4.79 Å². The Hall–Kier alpha value is -1.86. The Kier molecular flexibility index (Phi) is 3.82. The highest BCUT2D eigenvalue weighted by Gasteiger charge is 2.38. The highest BCUT2D eigenvalue weighted by molar-refractivity contribution is 7.13. The SMILES string of the molecule is O=C(c1csc(-c2cnccn2)n1)N1CCC2(CCNC2)CC1. The molecular formula is C16H19N5OS. The summed E-state index contributed by atoms with van der Waals surface area (Å²) in [5.41, 5.74) is 1.66. The lowest BCUT2D eigenvalue weighted by atomic mass is 9.78. The lowest BCUT2D eigenvalue weighted by Crippen LogP contribution is -2.44. The van der Waals surface area contributed by atoms with Crippen LogP contribution in [0.25, 0.3) is 10.7 Å². The van der Waals surface area contributed by atoms with Gasteiger partial charge in [0.2, 0.25) is 0 Å². The molecule has 2 aromatic rings. The van der Waals surface area contributed by atoms with E-state index in [0.717, 1.165) is 44.0 Å².